The normalized spacial score (nSPS) is 11.8. The molecule has 0 bridgehead atoms. The second-order valence-corrected chi connectivity index (χ2v) is 7.35. The maximum atomic E-state index is 12.7. The number of sulfonamides is 1. The Bertz CT molecular complexity index is 1240. The summed E-state index contributed by atoms with van der Waals surface area (Å²) < 4.78 is 23.6. The van der Waals surface area contributed by atoms with Gasteiger partial charge in [-0.2, -0.15) is 5.11 Å². The molecule has 0 saturated carbocycles. The predicted molar refractivity (Wildman–Crippen MR) is 100 cm³/mol. The summed E-state index contributed by atoms with van der Waals surface area (Å²) in [4.78, 5) is 24.0. The number of hydrogen-bond acceptors (Lipinski definition) is 6. The Morgan fingerprint density at radius 3 is 2.36 bits per heavy atom. The lowest BCUT2D eigenvalue weighted by molar-refractivity contribution is 0.0696. The molecule has 0 fully saturated rings. The molecule has 1 aromatic heterocycles. The number of para-hydroxylation sites is 1. The van der Waals surface area contributed by atoms with Crippen molar-refractivity contribution in [1.29, 1.82) is 0 Å². The molecule has 3 rings (SSSR count). The van der Waals surface area contributed by atoms with Gasteiger partial charge in [-0.3, -0.25) is 9.89 Å². The molecule has 28 heavy (non-hydrogen) atoms. The average molecular weight is 401 g/mol. The molecule has 0 aliphatic carbocycles. The van der Waals surface area contributed by atoms with E-state index < -0.39 is 21.6 Å². The molecular weight excluding hydrogens is 386 g/mol. The number of azo groups is 1. The smallest absolute Gasteiger partial charge is 0.337 e. The Morgan fingerprint density at radius 2 is 1.75 bits per heavy atom. The van der Waals surface area contributed by atoms with Gasteiger partial charge in [0.15, 0.2) is 5.69 Å². The van der Waals surface area contributed by atoms with E-state index in [0.717, 1.165) is 4.68 Å². The number of aromatic amines is 1. The largest absolute Gasteiger partial charge is 0.478 e. The minimum absolute atomic E-state index is 0.00397. The van der Waals surface area contributed by atoms with Crippen molar-refractivity contribution in [2.24, 2.45) is 15.4 Å². The second-order valence-electron chi connectivity index (χ2n) is 5.79. The summed E-state index contributed by atoms with van der Waals surface area (Å²) in [5.74, 6) is -1.17. The maximum Gasteiger partial charge on any atom is 0.337 e. The first kappa shape index (κ1) is 19.2. The summed E-state index contributed by atoms with van der Waals surface area (Å²) in [5, 5.41) is 25.0. The van der Waals surface area contributed by atoms with Gasteiger partial charge in [0, 0.05) is 0 Å². The summed E-state index contributed by atoms with van der Waals surface area (Å²) in [6, 6.07) is 11.4. The molecule has 0 aliphatic rings. The van der Waals surface area contributed by atoms with Gasteiger partial charge < -0.3 is 5.11 Å². The number of hydrogen-bond donors (Lipinski definition) is 3. The van der Waals surface area contributed by atoms with Crippen LogP contribution in [0.3, 0.4) is 0 Å². The summed E-state index contributed by atoms with van der Waals surface area (Å²) in [6.07, 6.45) is 0. The number of nitrogens with zero attached hydrogens (tertiary/aromatic N) is 3. The van der Waals surface area contributed by atoms with Crippen LogP contribution in [-0.4, -0.2) is 29.3 Å². The minimum Gasteiger partial charge on any atom is -0.478 e. The van der Waals surface area contributed by atoms with E-state index in [2.05, 4.69) is 15.3 Å². The first-order chi connectivity index (χ1) is 13.2. The third-order valence-corrected chi connectivity index (χ3v) is 4.78. The average Bonchev–Trinajstić information content (AvgIpc) is 2.93. The third kappa shape index (κ3) is 3.75. The molecule has 3 aromatic rings. The fourth-order valence-electron chi connectivity index (χ4n) is 2.48. The zero-order valence-electron chi connectivity index (χ0n) is 14.5. The van der Waals surface area contributed by atoms with Crippen LogP contribution >= 0.6 is 0 Å². The molecule has 11 heteroatoms. The molecule has 0 amide bonds. The third-order valence-electron chi connectivity index (χ3n) is 3.85. The molecule has 0 radical (unpaired) electrons. The van der Waals surface area contributed by atoms with E-state index in [0.29, 0.717) is 11.4 Å². The Morgan fingerprint density at radius 1 is 1.11 bits per heavy atom. The lowest BCUT2D eigenvalue weighted by Gasteiger charge is -2.05. The van der Waals surface area contributed by atoms with Crippen LogP contribution in [0.5, 0.6) is 0 Å². The van der Waals surface area contributed by atoms with E-state index in [1.165, 1.54) is 36.4 Å². The topological polar surface area (TPSA) is 160 Å². The SMILES string of the molecule is Cc1[nH]n(-c2ccccc2C(=O)O)c(=O)c1N=Nc1ccc(S(N)(=O)=O)cc1. The molecule has 1 heterocycles. The second kappa shape index (κ2) is 7.21. The fourth-order valence-corrected chi connectivity index (χ4v) is 3.00. The standard InChI is InChI=1S/C17H15N5O5S/c1-10-15(20-19-11-6-8-12(9-7-11)28(18,26)27)16(23)22(21-10)14-5-3-2-4-13(14)17(24)25/h2-9,21H,1H3,(H,24,25)(H2,18,26,27). The summed E-state index contributed by atoms with van der Waals surface area (Å²) >= 11 is 0. The number of nitrogens with two attached hydrogens (primary N) is 1. The molecule has 10 nitrogen and oxygen atoms in total. The summed E-state index contributed by atoms with van der Waals surface area (Å²) in [7, 11) is -3.82. The Balaban J connectivity index is 1.99. The zero-order valence-corrected chi connectivity index (χ0v) is 15.3. The van der Waals surface area contributed by atoms with Crippen LogP contribution in [0.25, 0.3) is 5.69 Å². The molecule has 0 unspecified atom stereocenters. The molecule has 0 saturated heterocycles. The Hall–Kier alpha value is -3.57. The number of H-pyrrole nitrogens is 1. The molecule has 2 aromatic carbocycles. The molecular formula is C17H15N5O5S. The number of aromatic carboxylic acids is 1. The number of carboxylic acids is 1. The van der Waals surface area contributed by atoms with Gasteiger partial charge in [-0.05, 0) is 43.3 Å². The van der Waals surface area contributed by atoms with Crippen molar-refractivity contribution >= 4 is 27.4 Å². The van der Waals surface area contributed by atoms with E-state index in [9.17, 15) is 23.1 Å². The minimum atomic E-state index is -3.82. The van der Waals surface area contributed by atoms with Crippen LogP contribution in [0, 0.1) is 6.92 Å². The van der Waals surface area contributed by atoms with Gasteiger partial charge in [0.1, 0.15) is 0 Å². The van der Waals surface area contributed by atoms with Crippen molar-refractivity contribution in [2.75, 3.05) is 0 Å². The number of nitrogens with one attached hydrogen (secondary N) is 1. The van der Waals surface area contributed by atoms with E-state index >= 15 is 0 Å². The van der Waals surface area contributed by atoms with E-state index in [1.54, 1.807) is 19.1 Å². The highest BCUT2D eigenvalue weighted by Crippen LogP contribution is 2.21. The fraction of sp³-hybridized carbons (Fsp3) is 0.0588. The number of aryl methyl sites for hydroxylation is 1. The quantitative estimate of drug-likeness (QED) is 0.558. The zero-order chi connectivity index (χ0) is 20.5. The molecule has 0 aliphatic heterocycles. The molecule has 0 atom stereocenters. The van der Waals surface area contributed by atoms with Gasteiger partial charge >= 0.3 is 5.97 Å². The highest BCUT2D eigenvalue weighted by Gasteiger charge is 2.17. The number of rotatable bonds is 5. The van der Waals surface area contributed by atoms with Crippen molar-refractivity contribution in [2.45, 2.75) is 11.8 Å². The molecule has 144 valence electrons. The van der Waals surface area contributed by atoms with Crippen LogP contribution in [-0.2, 0) is 10.0 Å². The van der Waals surface area contributed by atoms with Gasteiger partial charge in [-0.25, -0.2) is 23.0 Å². The Kier molecular flexibility index (Phi) is 4.94. The van der Waals surface area contributed by atoms with Crippen LogP contribution in [0.4, 0.5) is 11.4 Å². The first-order valence-corrected chi connectivity index (χ1v) is 9.42. The number of benzene rings is 2. The highest BCUT2D eigenvalue weighted by molar-refractivity contribution is 7.89. The summed E-state index contributed by atoms with van der Waals surface area (Å²) in [5.41, 5.74) is 0.238. The predicted octanol–water partition coefficient (Wildman–Crippen LogP) is 2.24. The van der Waals surface area contributed by atoms with Crippen LogP contribution in [0.1, 0.15) is 16.1 Å². The lowest BCUT2D eigenvalue weighted by Crippen LogP contribution is -2.17. The molecule has 0 spiro atoms. The van der Waals surface area contributed by atoms with Crippen LogP contribution < -0.4 is 10.7 Å². The van der Waals surface area contributed by atoms with Crippen molar-refractivity contribution in [3.63, 3.8) is 0 Å². The highest BCUT2D eigenvalue weighted by atomic mass is 32.2. The number of carbonyl (C=O) groups is 1. The summed E-state index contributed by atoms with van der Waals surface area (Å²) in [6.45, 7) is 1.60. The number of aromatic nitrogens is 2. The number of primary sulfonamides is 1. The van der Waals surface area contributed by atoms with Gasteiger partial charge in [0.2, 0.25) is 10.0 Å². The van der Waals surface area contributed by atoms with E-state index in [4.69, 9.17) is 5.14 Å². The van der Waals surface area contributed by atoms with Crippen LogP contribution in [0.2, 0.25) is 0 Å². The molecule has 4 N–H and O–H groups in total. The van der Waals surface area contributed by atoms with Crippen LogP contribution in [0.15, 0.2) is 68.4 Å². The van der Waals surface area contributed by atoms with E-state index in [1.807, 2.05) is 0 Å². The van der Waals surface area contributed by atoms with Gasteiger partial charge in [0.05, 0.1) is 27.5 Å². The Labute approximate surface area is 159 Å². The van der Waals surface area contributed by atoms with Crippen molar-refractivity contribution in [3.8, 4) is 5.69 Å². The van der Waals surface area contributed by atoms with Gasteiger partial charge in [0.25, 0.3) is 5.56 Å². The van der Waals surface area contributed by atoms with Crippen molar-refractivity contribution < 1.29 is 18.3 Å². The maximum absolute atomic E-state index is 12.7. The van der Waals surface area contributed by atoms with Gasteiger partial charge in [-0.1, -0.05) is 12.1 Å². The lowest BCUT2D eigenvalue weighted by atomic mass is 10.2. The van der Waals surface area contributed by atoms with Crippen molar-refractivity contribution in [1.82, 2.24) is 9.78 Å². The van der Waals surface area contributed by atoms with E-state index in [-0.39, 0.29) is 21.8 Å². The van der Waals surface area contributed by atoms with Crippen molar-refractivity contribution in [3.05, 3.63) is 70.1 Å². The number of carboxylic acid groups (broad SMARTS) is 1. The van der Waals surface area contributed by atoms with Gasteiger partial charge in [-0.15, -0.1) is 5.11 Å². The monoisotopic (exact) mass is 401 g/mol. The first-order valence-electron chi connectivity index (χ1n) is 7.87.